The summed E-state index contributed by atoms with van der Waals surface area (Å²) in [5.41, 5.74) is 7.98. The predicted molar refractivity (Wildman–Crippen MR) is 152 cm³/mol. The second-order valence-electron chi connectivity index (χ2n) is 10.6. The number of ether oxygens (including phenoxy) is 2. The van der Waals surface area contributed by atoms with Crippen LogP contribution in [0, 0.1) is 18.8 Å². The van der Waals surface area contributed by atoms with Crippen LogP contribution >= 0.6 is 0 Å². The highest BCUT2D eigenvalue weighted by Crippen LogP contribution is 2.32. The molecule has 5 rings (SSSR count). The summed E-state index contributed by atoms with van der Waals surface area (Å²) in [6.45, 7) is 8.34. The number of carbonyl (C=O) groups is 3. The van der Waals surface area contributed by atoms with E-state index in [-0.39, 0.29) is 17.5 Å². The fourth-order valence-corrected chi connectivity index (χ4v) is 5.68. The van der Waals surface area contributed by atoms with Gasteiger partial charge in [-0.05, 0) is 63.1 Å². The molecule has 2 fully saturated rings. The third-order valence-electron chi connectivity index (χ3n) is 7.94. The lowest BCUT2D eigenvalue weighted by molar-refractivity contribution is 0.00696. The summed E-state index contributed by atoms with van der Waals surface area (Å²) in [5, 5.41) is 10.3. The summed E-state index contributed by atoms with van der Waals surface area (Å²) in [5.74, 6) is 0.922. The van der Waals surface area contributed by atoms with Crippen molar-refractivity contribution < 1.29 is 23.9 Å². The van der Waals surface area contributed by atoms with E-state index < -0.39 is 5.91 Å². The third kappa shape index (κ3) is 5.99. The minimum absolute atomic E-state index is 0.0656. The van der Waals surface area contributed by atoms with Crippen molar-refractivity contribution in [1.29, 1.82) is 0 Å². The highest BCUT2D eigenvalue weighted by molar-refractivity contribution is 6.04. The van der Waals surface area contributed by atoms with Crippen LogP contribution in [0.2, 0.25) is 0 Å². The van der Waals surface area contributed by atoms with E-state index >= 15 is 0 Å². The Kier molecular flexibility index (Phi) is 8.43. The normalized spacial score (nSPS) is 16.0. The first kappa shape index (κ1) is 28.4. The number of nitrogens with two attached hydrogens (primary N) is 1. The molecule has 13 nitrogen and oxygen atoms in total. The number of urea groups is 1. The smallest absolute Gasteiger partial charge is 0.317 e. The minimum Gasteiger partial charge on any atom is -0.494 e. The van der Waals surface area contributed by atoms with Gasteiger partial charge in [-0.3, -0.25) is 19.6 Å². The lowest BCUT2D eigenvalue weighted by Crippen LogP contribution is -2.56. The zero-order valence-electron chi connectivity index (χ0n) is 23.8. The van der Waals surface area contributed by atoms with E-state index in [1.54, 1.807) is 22.9 Å². The Morgan fingerprint density at radius 2 is 1.90 bits per heavy atom. The highest BCUT2D eigenvalue weighted by Gasteiger charge is 2.36. The van der Waals surface area contributed by atoms with Crippen LogP contribution in [-0.4, -0.2) is 82.0 Å². The van der Waals surface area contributed by atoms with Crippen LogP contribution in [-0.2, 0) is 17.8 Å². The number of amides is 4. The number of fused-ring (bicyclic) bond motifs is 1. The molecule has 2 aliphatic heterocycles. The largest absolute Gasteiger partial charge is 0.494 e. The Hall–Kier alpha value is -4.13. The van der Waals surface area contributed by atoms with Gasteiger partial charge in [-0.1, -0.05) is 0 Å². The molecule has 2 saturated heterocycles. The number of primary amides is 1. The SMILES string of the molecule is CCn1nc(C)cc1C(=O)Nc1nc2cc(C(N)=O)cc(OC)c2n1CCCNC(=O)N1CC(C2CCOCC2)C1. The molecule has 3 aromatic rings. The van der Waals surface area contributed by atoms with Gasteiger partial charge in [0.15, 0.2) is 0 Å². The number of hydrogen-bond acceptors (Lipinski definition) is 7. The number of anilines is 1. The van der Waals surface area contributed by atoms with Crippen LogP contribution in [0.3, 0.4) is 0 Å². The third-order valence-corrected chi connectivity index (χ3v) is 7.94. The number of likely N-dealkylation sites (tertiary alicyclic amines) is 1. The van der Waals surface area contributed by atoms with Crippen molar-refractivity contribution in [2.45, 2.75) is 46.2 Å². The van der Waals surface area contributed by atoms with E-state index in [2.05, 4.69) is 20.7 Å². The first-order valence-electron chi connectivity index (χ1n) is 14.1. The second-order valence-corrected chi connectivity index (χ2v) is 10.6. The van der Waals surface area contributed by atoms with Gasteiger partial charge in [-0.25, -0.2) is 9.78 Å². The average molecular weight is 567 g/mol. The van der Waals surface area contributed by atoms with Gasteiger partial charge in [-0.15, -0.1) is 0 Å². The van der Waals surface area contributed by atoms with E-state index in [0.717, 1.165) is 44.8 Å². The maximum absolute atomic E-state index is 13.2. The van der Waals surface area contributed by atoms with Gasteiger partial charge in [0.1, 0.15) is 17.0 Å². The van der Waals surface area contributed by atoms with Gasteiger partial charge < -0.3 is 30.0 Å². The molecule has 13 heteroatoms. The molecule has 0 spiro atoms. The van der Waals surface area contributed by atoms with Crippen molar-refractivity contribution in [2.24, 2.45) is 17.6 Å². The van der Waals surface area contributed by atoms with E-state index in [9.17, 15) is 14.4 Å². The number of benzene rings is 1. The molecule has 1 aromatic carbocycles. The first-order valence-corrected chi connectivity index (χ1v) is 14.1. The lowest BCUT2D eigenvalue weighted by atomic mass is 9.81. The first-order chi connectivity index (χ1) is 19.8. The maximum atomic E-state index is 13.2. The zero-order valence-corrected chi connectivity index (χ0v) is 23.8. The zero-order chi connectivity index (χ0) is 29.1. The Morgan fingerprint density at radius 3 is 2.59 bits per heavy atom. The molecular weight excluding hydrogens is 528 g/mol. The summed E-state index contributed by atoms with van der Waals surface area (Å²) in [7, 11) is 1.50. The van der Waals surface area contributed by atoms with Gasteiger partial charge >= 0.3 is 6.03 Å². The molecule has 0 radical (unpaired) electrons. The van der Waals surface area contributed by atoms with Gasteiger partial charge in [-0.2, -0.15) is 5.10 Å². The van der Waals surface area contributed by atoms with Gasteiger partial charge in [0.05, 0.1) is 18.3 Å². The van der Waals surface area contributed by atoms with Gasteiger partial charge in [0, 0.05) is 51.5 Å². The Balaban J connectivity index is 1.29. The molecule has 2 aromatic heterocycles. The van der Waals surface area contributed by atoms with Crippen LogP contribution in [0.5, 0.6) is 5.75 Å². The number of methoxy groups -OCH3 is 1. The summed E-state index contributed by atoms with van der Waals surface area (Å²) in [4.78, 5) is 44.3. The number of aryl methyl sites for hydroxylation is 3. The molecule has 0 saturated carbocycles. The molecule has 0 bridgehead atoms. The molecule has 220 valence electrons. The number of aromatic nitrogens is 4. The number of carbonyl (C=O) groups excluding carboxylic acids is 3. The standard InChI is InChI=1S/C28H38N8O5/c1-4-36-22(12-17(2)33-36)26(38)32-27-31-21-13-19(25(29)37)14-23(40-3)24(21)35(27)9-5-8-30-28(39)34-15-20(16-34)18-6-10-41-11-7-18/h12-14,18,20H,4-11,15-16H2,1-3H3,(H2,29,37)(H,30,39)(H,31,32,38). The molecule has 41 heavy (non-hydrogen) atoms. The molecule has 0 aliphatic carbocycles. The maximum Gasteiger partial charge on any atom is 0.317 e. The second kappa shape index (κ2) is 12.2. The number of nitrogens with one attached hydrogen (secondary N) is 2. The lowest BCUT2D eigenvalue weighted by Gasteiger charge is -2.44. The van der Waals surface area contributed by atoms with Crippen molar-refractivity contribution in [2.75, 3.05) is 45.3 Å². The number of nitrogens with zero attached hydrogens (tertiary/aromatic N) is 5. The van der Waals surface area contributed by atoms with E-state index in [0.29, 0.717) is 66.3 Å². The Labute approximate surface area is 238 Å². The summed E-state index contributed by atoms with van der Waals surface area (Å²) < 4.78 is 14.5. The minimum atomic E-state index is -0.611. The van der Waals surface area contributed by atoms with E-state index in [1.165, 1.54) is 7.11 Å². The molecular formula is C28H38N8O5. The van der Waals surface area contributed by atoms with Crippen molar-refractivity contribution in [3.63, 3.8) is 0 Å². The van der Waals surface area contributed by atoms with E-state index in [4.69, 9.17) is 15.2 Å². The Bertz CT molecular complexity index is 1430. The number of rotatable bonds is 10. The molecule has 0 atom stereocenters. The molecule has 4 amide bonds. The number of imidazole rings is 1. The fraction of sp³-hybridized carbons (Fsp3) is 0.536. The summed E-state index contributed by atoms with van der Waals surface area (Å²) in [6.07, 6.45) is 2.72. The predicted octanol–water partition coefficient (Wildman–Crippen LogP) is 2.38. The monoisotopic (exact) mass is 566 g/mol. The highest BCUT2D eigenvalue weighted by atomic mass is 16.5. The molecule has 0 unspecified atom stereocenters. The van der Waals surface area contributed by atoms with Crippen molar-refractivity contribution in [3.8, 4) is 5.75 Å². The van der Waals surface area contributed by atoms with Gasteiger partial charge in [0.2, 0.25) is 11.9 Å². The van der Waals surface area contributed by atoms with Crippen LogP contribution in [0.1, 0.15) is 52.7 Å². The number of hydrogen-bond donors (Lipinski definition) is 3. The molecule has 2 aliphatic rings. The van der Waals surface area contributed by atoms with Crippen molar-refractivity contribution in [3.05, 3.63) is 35.2 Å². The topological polar surface area (TPSA) is 159 Å². The van der Waals surface area contributed by atoms with Crippen molar-refractivity contribution >= 4 is 34.8 Å². The molecule has 4 N–H and O–H groups in total. The van der Waals surface area contributed by atoms with E-state index in [1.807, 2.05) is 23.3 Å². The van der Waals surface area contributed by atoms with Crippen LogP contribution in [0.4, 0.5) is 10.7 Å². The van der Waals surface area contributed by atoms with Crippen LogP contribution < -0.4 is 21.1 Å². The quantitative estimate of drug-likeness (QED) is 0.318. The van der Waals surface area contributed by atoms with Crippen LogP contribution in [0.25, 0.3) is 11.0 Å². The fourth-order valence-electron chi connectivity index (χ4n) is 5.68. The summed E-state index contributed by atoms with van der Waals surface area (Å²) in [6, 6.07) is 4.79. The van der Waals surface area contributed by atoms with Gasteiger partial charge in [0.25, 0.3) is 5.91 Å². The van der Waals surface area contributed by atoms with Crippen LogP contribution in [0.15, 0.2) is 18.2 Å². The Morgan fingerprint density at radius 1 is 1.15 bits per heavy atom. The summed E-state index contributed by atoms with van der Waals surface area (Å²) >= 11 is 0. The molecule has 4 heterocycles. The average Bonchev–Trinajstić information content (AvgIpc) is 3.49. The van der Waals surface area contributed by atoms with Crippen molar-refractivity contribution in [1.82, 2.24) is 29.5 Å².